The van der Waals surface area contributed by atoms with E-state index in [0.29, 0.717) is 12.3 Å². The summed E-state index contributed by atoms with van der Waals surface area (Å²) >= 11 is 0. The topological polar surface area (TPSA) is 24.9 Å². The fraction of sp³-hybridized carbons (Fsp3) is 1.00. The van der Waals surface area contributed by atoms with Crippen LogP contribution in [0.4, 0.5) is 0 Å². The van der Waals surface area contributed by atoms with Crippen LogP contribution in [-0.2, 0) is 9.47 Å². The van der Waals surface area contributed by atoms with Crippen LogP contribution in [0.3, 0.4) is 0 Å². The molecule has 0 radical (unpaired) electrons. The van der Waals surface area contributed by atoms with Crippen molar-refractivity contribution in [3.63, 3.8) is 0 Å². The van der Waals surface area contributed by atoms with Crippen molar-refractivity contribution >= 4 is 0 Å². The van der Waals surface area contributed by atoms with Crippen LogP contribution in [0.1, 0.15) is 41.5 Å². The average molecular weight is 286 g/mol. The highest BCUT2D eigenvalue weighted by Gasteiger charge is 2.25. The van der Waals surface area contributed by atoms with E-state index in [9.17, 15) is 0 Å². The molecule has 0 atom stereocenters. The molecular formula is C16H34N2O2. The quantitative estimate of drug-likeness (QED) is 0.553. The van der Waals surface area contributed by atoms with Gasteiger partial charge in [-0.15, -0.1) is 0 Å². The Morgan fingerprint density at radius 3 is 1.95 bits per heavy atom. The van der Waals surface area contributed by atoms with Crippen LogP contribution in [0.25, 0.3) is 0 Å². The highest BCUT2D eigenvalue weighted by molar-refractivity contribution is 4.81. The van der Waals surface area contributed by atoms with Crippen molar-refractivity contribution < 1.29 is 9.47 Å². The molecule has 4 heteroatoms. The first-order chi connectivity index (χ1) is 9.18. The van der Waals surface area contributed by atoms with Crippen molar-refractivity contribution in [3.8, 4) is 0 Å². The Balaban J connectivity index is 2.02. The second-order valence-corrected chi connectivity index (χ2v) is 7.93. The minimum Gasteiger partial charge on any atom is -0.355 e. The summed E-state index contributed by atoms with van der Waals surface area (Å²) in [5.74, 6) is 0. The Morgan fingerprint density at radius 2 is 1.45 bits per heavy atom. The van der Waals surface area contributed by atoms with Crippen LogP contribution in [-0.4, -0.2) is 68.1 Å². The maximum Gasteiger partial charge on any atom is 0.146 e. The van der Waals surface area contributed by atoms with Gasteiger partial charge in [0.25, 0.3) is 0 Å². The summed E-state index contributed by atoms with van der Waals surface area (Å²) in [6.07, 6.45) is 0. The van der Waals surface area contributed by atoms with Gasteiger partial charge in [0.1, 0.15) is 6.79 Å². The van der Waals surface area contributed by atoms with Gasteiger partial charge in [0.2, 0.25) is 0 Å². The molecular weight excluding hydrogens is 252 g/mol. The molecule has 1 heterocycles. The molecule has 1 rings (SSSR count). The third kappa shape index (κ3) is 7.58. The summed E-state index contributed by atoms with van der Waals surface area (Å²) in [7, 11) is 0. The Hall–Kier alpha value is -0.160. The van der Waals surface area contributed by atoms with Gasteiger partial charge in [-0.3, -0.25) is 9.80 Å². The molecule has 0 aromatic carbocycles. The highest BCUT2D eigenvalue weighted by Crippen LogP contribution is 2.15. The smallest absolute Gasteiger partial charge is 0.146 e. The Morgan fingerprint density at radius 1 is 0.850 bits per heavy atom. The van der Waals surface area contributed by atoms with E-state index in [1.54, 1.807) is 0 Å². The van der Waals surface area contributed by atoms with E-state index in [2.05, 4.69) is 51.3 Å². The van der Waals surface area contributed by atoms with Gasteiger partial charge in [0.15, 0.2) is 0 Å². The zero-order valence-electron chi connectivity index (χ0n) is 14.4. The van der Waals surface area contributed by atoms with E-state index in [-0.39, 0.29) is 5.41 Å². The van der Waals surface area contributed by atoms with Gasteiger partial charge >= 0.3 is 0 Å². The first-order valence-corrected chi connectivity index (χ1v) is 7.81. The molecule has 0 unspecified atom stereocenters. The fourth-order valence-electron chi connectivity index (χ4n) is 2.30. The number of rotatable bonds is 6. The summed E-state index contributed by atoms with van der Waals surface area (Å²) in [4.78, 5) is 5.03. The van der Waals surface area contributed by atoms with Gasteiger partial charge in [-0.25, -0.2) is 0 Å². The second kappa shape index (κ2) is 7.74. The van der Waals surface area contributed by atoms with Gasteiger partial charge in [-0.1, -0.05) is 20.8 Å². The van der Waals surface area contributed by atoms with E-state index in [0.717, 1.165) is 45.9 Å². The van der Waals surface area contributed by atoms with Crippen LogP contribution in [0.2, 0.25) is 0 Å². The van der Waals surface area contributed by atoms with Crippen LogP contribution >= 0.6 is 0 Å². The maximum atomic E-state index is 5.55. The monoisotopic (exact) mass is 286 g/mol. The lowest BCUT2D eigenvalue weighted by molar-refractivity contribution is -0.0794. The summed E-state index contributed by atoms with van der Waals surface area (Å²) in [6, 6.07) is 0. The van der Waals surface area contributed by atoms with Crippen LogP contribution < -0.4 is 0 Å². The van der Waals surface area contributed by atoms with Crippen molar-refractivity contribution in [2.24, 2.45) is 5.41 Å². The van der Waals surface area contributed by atoms with E-state index in [1.807, 2.05) is 0 Å². The zero-order chi connectivity index (χ0) is 15.2. The third-order valence-corrected chi connectivity index (χ3v) is 3.57. The van der Waals surface area contributed by atoms with Gasteiger partial charge < -0.3 is 9.47 Å². The molecule has 20 heavy (non-hydrogen) atoms. The SMILES string of the molecule is CC(C)(C)COCOCCN1CCN(C(C)(C)C)CC1. The molecule has 1 aliphatic rings. The number of ether oxygens (including phenoxy) is 2. The molecule has 120 valence electrons. The van der Waals surface area contributed by atoms with Crippen LogP contribution in [0, 0.1) is 5.41 Å². The zero-order valence-corrected chi connectivity index (χ0v) is 14.4. The van der Waals surface area contributed by atoms with Gasteiger partial charge in [0.05, 0.1) is 13.2 Å². The molecule has 0 aliphatic carbocycles. The molecule has 0 N–H and O–H groups in total. The summed E-state index contributed by atoms with van der Waals surface area (Å²) < 4.78 is 11.0. The van der Waals surface area contributed by atoms with E-state index in [4.69, 9.17) is 9.47 Å². The minimum absolute atomic E-state index is 0.215. The van der Waals surface area contributed by atoms with Gasteiger partial charge in [0, 0.05) is 38.3 Å². The number of hydrogen-bond acceptors (Lipinski definition) is 4. The Labute approximate surface area is 125 Å². The summed E-state index contributed by atoms with van der Waals surface area (Å²) in [5.41, 5.74) is 0.510. The molecule has 0 aromatic rings. The Kier molecular flexibility index (Phi) is 6.92. The average Bonchev–Trinajstić information content (AvgIpc) is 2.32. The molecule has 1 fully saturated rings. The van der Waals surface area contributed by atoms with E-state index < -0.39 is 0 Å². The molecule has 1 saturated heterocycles. The largest absolute Gasteiger partial charge is 0.355 e. The number of nitrogens with zero attached hydrogens (tertiary/aromatic N) is 2. The third-order valence-electron chi connectivity index (χ3n) is 3.57. The van der Waals surface area contributed by atoms with Crippen LogP contribution in [0.5, 0.6) is 0 Å². The molecule has 0 bridgehead atoms. The van der Waals surface area contributed by atoms with Gasteiger partial charge in [-0.05, 0) is 26.2 Å². The first kappa shape index (κ1) is 17.9. The Bertz CT molecular complexity index is 261. The van der Waals surface area contributed by atoms with Crippen molar-refractivity contribution in [1.29, 1.82) is 0 Å². The fourth-order valence-corrected chi connectivity index (χ4v) is 2.30. The maximum absolute atomic E-state index is 5.55. The molecule has 1 aliphatic heterocycles. The standard InChI is InChI=1S/C16H34N2O2/c1-15(2,3)13-20-14-19-12-11-17-7-9-18(10-8-17)16(4,5)6/h7-14H2,1-6H3. The van der Waals surface area contributed by atoms with Crippen molar-refractivity contribution in [2.75, 3.05) is 52.7 Å². The lowest BCUT2D eigenvalue weighted by Crippen LogP contribution is -2.53. The molecule has 0 aromatic heterocycles. The van der Waals surface area contributed by atoms with Crippen molar-refractivity contribution in [3.05, 3.63) is 0 Å². The van der Waals surface area contributed by atoms with E-state index >= 15 is 0 Å². The predicted octanol–water partition coefficient (Wildman–Crippen LogP) is 2.44. The minimum atomic E-state index is 0.215. The second-order valence-electron chi connectivity index (χ2n) is 7.93. The summed E-state index contributed by atoms with van der Waals surface area (Å²) in [5, 5.41) is 0. The highest BCUT2D eigenvalue weighted by atomic mass is 16.7. The number of piperazine rings is 1. The van der Waals surface area contributed by atoms with Crippen LogP contribution in [0.15, 0.2) is 0 Å². The predicted molar refractivity (Wildman–Crippen MR) is 84.0 cm³/mol. The lowest BCUT2D eigenvalue weighted by Gasteiger charge is -2.42. The number of hydrogen-bond donors (Lipinski definition) is 0. The normalized spacial score (nSPS) is 19.5. The van der Waals surface area contributed by atoms with Crippen molar-refractivity contribution in [2.45, 2.75) is 47.1 Å². The summed E-state index contributed by atoms with van der Waals surface area (Å²) in [6.45, 7) is 20.9. The molecule has 0 amide bonds. The van der Waals surface area contributed by atoms with E-state index in [1.165, 1.54) is 0 Å². The molecule has 0 spiro atoms. The lowest BCUT2D eigenvalue weighted by atomic mass is 9.99. The van der Waals surface area contributed by atoms with Crippen molar-refractivity contribution in [1.82, 2.24) is 9.80 Å². The van der Waals surface area contributed by atoms with Gasteiger partial charge in [-0.2, -0.15) is 0 Å². The molecule has 4 nitrogen and oxygen atoms in total. The molecule has 0 saturated carbocycles. The first-order valence-electron chi connectivity index (χ1n) is 7.81.